The first kappa shape index (κ1) is 16.6. The van der Waals surface area contributed by atoms with Crippen LogP contribution in [-0.2, 0) is 0 Å². The third-order valence-corrected chi connectivity index (χ3v) is 6.40. The van der Waals surface area contributed by atoms with Crippen molar-refractivity contribution in [1.82, 2.24) is 9.38 Å². The fraction of sp³-hybridized carbons (Fsp3) is 0.450. The second-order valence-electron chi connectivity index (χ2n) is 7.08. The lowest BCUT2D eigenvalue weighted by molar-refractivity contribution is 0.461. The Morgan fingerprint density at radius 2 is 1.92 bits per heavy atom. The van der Waals surface area contributed by atoms with Gasteiger partial charge in [-0.15, -0.1) is 11.3 Å². The standard InChI is InChI=1S/C20H24FN3S/c1-12-8-7-11-16(21)17(12)18-19(22-15-9-5-4-6-10-15)24-13(2)14(3)25-20(24)23-18/h7-8,11,15,22H,4-6,9-10H2,1-3H3. The van der Waals surface area contributed by atoms with Crippen molar-refractivity contribution in [3.8, 4) is 11.3 Å². The van der Waals surface area contributed by atoms with Crippen LogP contribution < -0.4 is 5.32 Å². The maximum absolute atomic E-state index is 14.6. The van der Waals surface area contributed by atoms with Gasteiger partial charge in [0, 0.05) is 22.2 Å². The molecule has 3 aromatic rings. The quantitative estimate of drug-likeness (QED) is 0.635. The van der Waals surface area contributed by atoms with Crippen LogP contribution >= 0.6 is 11.3 Å². The number of aromatic nitrogens is 2. The van der Waals surface area contributed by atoms with Crippen molar-refractivity contribution < 1.29 is 4.39 Å². The minimum Gasteiger partial charge on any atom is -0.367 e. The average Bonchev–Trinajstić information content (AvgIpc) is 3.06. The molecule has 2 aromatic heterocycles. The van der Waals surface area contributed by atoms with Crippen molar-refractivity contribution in [3.63, 3.8) is 0 Å². The summed E-state index contributed by atoms with van der Waals surface area (Å²) in [5.74, 6) is 0.753. The minimum absolute atomic E-state index is 0.202. The Morgan fingerprint density at radius 3 is 2.64 bits per heavy atom. The number of nitrogens with one attached hydrogen (secondary N) is 1. The highest BCUT2D eigenvalue weighted by Gasteiger charge is 2.24. The van der Waals surface area contributed by atoms with Crippen LogP contribution in [0.5, 0.6) is 0 Å². The normalized spacial score (nSPS) is 15.8. The molecule has 0 amide bonds. The van der Waals surface area contributed by atoms with Crippen LogP contribution in [0.2, 0.25) is 0 Å². The van der Waals surface area contributed by atoms with E-state index < -0.39 is 0 Å². The molecule has 1 aliphatic carbocycles. The van der Waals surface area contributed by atoms with Crippen LogP contribution in [0.4, 0.5) is 10.2 Å². The highest BCUT2D eigenvalue weighted by Crippen LogP contribution is 2.38. The molecule has 0 bridgehead atoms. The fourth-order valence-corrected chi connectivity index (χ4v) is 4.80. The van der Waals surface area contributed by atoms with Gasteiger partial charge in [0.05, 0.1) is 0 Å². The Labute approximate surface area is 151 Å². The van der Waals surface area contributed by atoms with Gasteiger partial charge in [-0.3, -0.25) is 4.40 Å². The lowest BCUT2D eigenvalue weighted by atomic mass is 9.95. The molecule has 132 valence electrons. The second kappa shape index (κ2) is 6.45. The topological polar surface area (TPSA) is 29.3 Å². The first-order valence-corrected chi connectivity index (χ1v) is 9.88. The van der Waals surface area contributed by atoms with Crippen LogP contribution in [0.1, 0.15) is 48.2 Å². The molecule has 1 saturated carbocycles. The number of halogens is 1. The van der Waals surface area contributed by atoms with Gasteiger partial charge >= 0.3 is 0 Å². The third kappa shape index (κ3) is 2.84. The van der Waals surface area contributed by atoms with E-state index in [0.717, 1.165) is 22.0 Å². The number of aryl methyl sites for hydroxylation is 3. The molecule has 5 heteroatoms. The Morgan fingerprint density at radius 1 is 1.16 bits per heavy atom. The van der Waals surface area contributed by atoms with Gasteiger partial charge in [0.1, 0.15) is 17.3 Å². The van der Waals surface area contributed by atoms with E-state index >= 15 is 0 Å². The number of thiazole rings is 1. The molecule has 4 rings (SSSR count). The molecule has 1 aliphatic rings. The molecular formula is C20H24FN3S. The molecule has 0 atom stereocenters. The molecule has 25 heavy (non-hydrogen) atoms. The van der Waals surface area contributed by atoms with E-state index in [-0.39, 0.29) is 5.82 Å². The van der Waals surface area contributed by atoms with E-state index in [1.165, 1.54) is 48.7 Å². The van der Waals surface area contributed by atoms with Crippen molar-refractivity contribution in [2.24, 2.45) is 0 Å². The number of rotatable bonds is 3. The number of hydrogen-bond donors (Lipinski definition) is 1. The summed E-state index contributed by atoms with van der Waals surface area (Å²) in [4.78, 5) is 7.02. The van der Waals surface area contributed by atoms with Gasteiger partial charge < -0.3 is 5.32 Å². The molecule has 2 heterocycles. The van der Waals surface area contributed by atoms with Crippen molar-refractivity contribution in [3.05, 3.63) is 40.2 Å². The number of fused-ring (bicyclic) bond motifs is 1. The van der Waals surface area contributed by atoms with E-state index in [1.54, 1.807) is 17.4 Å². The van der Waals surface area contributed by atoms with Crippen molar-refractivity contribution >= 4 is 22.1 Å². The number of nitrogens with zero attached hydrogens (tertiary/aromatic N) is 2. The molecule has 1 fully saturated rings. The first-order valence-electron chi connectivity index (χ1n) is 9.06. The molecule has 3 nitrogen and oxygen atoms in total. The van der Waals surface area contributed by atoms with Crippen molar-refractivity contribution in [2.45, 2.75) is 58.9 Å². The SMILES string of the molecule is Cc1cccc(F)c1-c1nc2sc(C)c(C)n2c1NC1CCCCC1. The fourth-order valence-electron chi connectivity index (χ4n) is 3.83. The summed E-state index contributed by atoms with van der Waals surface area (Å²) >= 11 is 1.67. The van der Waals surface area contributed by atoms with Gasteiger partial charge in [0.25, 0.3) is 0 Å². The second-order valence-corrected chi connectivity index (χ2v) is 8.26. The maximum atomic E-state index is 14.6. The summed E-state index contributed by atoms with van der Waals surface area (Å²) in [6, 6.07) is 5.68. The van der Waals surface area contributed by atoms with Crippen molar-refractivity contribution in [1.29, 1.82) is 0 Å². The summed E-state index contributed by atoms with van der Waals surface area (Å²) in [5.41, 5.74) is 3.47. The van der Waals surface area contributed by atoms with E-state index in [4.69, 9.17) is 4.98 Å². The van der Waals surface area contributed by atoms with E-state index in [1.807, 2.05) is 13.0 Å². The van der Waals surface area contributed by atoms with Gasteiger partial charge in [-0.1, -0.05) is 31.4 Å². The summed E-state index contributed by atoms with van der Waals surface area (Å²) in [6.45, 7) is 6.19. The molecule has 0 radical (unpaired) electrons. The van der Waals surface area contributed by atoms with E-state index in [2.05, 4.69) is 23.6 Å². The van der Waals surface area contributed by atoms with Crippen LogP contribution in [0.3, 0.4) is 0 Å². The Bertz CT molecular complexity index is 899. The minimum atomic E-state index is -0.202. The monoisotopic (exact) mass is 357 g/mol. The van der Waals surface area contributed by atoms with Gasteiger partial charge in [-0.05, 0) is 45.2 Å². The van der Waals surface area contributed by atoms with Gasteiger partial charge in [0.2, 0.25) is 0 Å². The predicted octanol–water partition coefficient (Wildman–Crippen LogP) is 5.87. The van der Waals surface area contributed by atoms with Crippen LogP contribution in [0.15, 0.2) is 18.2 Å². The summed E-state index contributed by atoms with van der Waals surface area (Å²) in [6.07, 6.45) is 6.18. The first-order chi connectivity index (χ1) is 12.1. The number of anilines is 1. The van der Waals surface area contributed by atoms with Crippen molar-refractivity contribution in [2.75, 3.05) is 5.32 Å². The molecule has 1 aromatic carbocycles. The highest BCUT2D eigenvalue weighted by atomic mass is 32.1. The predicted molar refractivity (Wildman–Crippen MR) is 103 cm³/mol. The number of hydrogen-bond acceptors (Lipinski definition) is 3. The van der Waals surface area contributed by atoms with Crippen LogP contribution in [0.25, 0.3) is 16.2 Å². The van der Waals surface area contributed by atoms with Gasteiger partial charge in [-0.25, -0.2) is 9.37 Å². The zero-order valence-electron chi connectivity index (χ0n) is 15.0. The summed E-state index contributed by atoms with van der Waals surface area (Å²) < 4.78 is 16.8. The zero-order valence-corrected chi connectivity index (χ0v) is 15.8. The summed E-state index contributed by atoms with van der Waals surface area (Å²) in [5, 5.41) is 3.72. The lowest BCUT2D eigenvalue weighted by Crippen LogP contribution is -2.23. The third-order valence-electron chi connectivity index (χ3n) is 5.34. The largest absolute Gasteiger partial charge is 0.367 e. The molecule has 0 aliphatic heterocycles. The zero-order chi connectivity index (χ0) is 17.6. The number of benzene rings is 1. The molecule has 1 N–H and O–H groups in total. The lowest BCUT2D eigenvalue weighted by Gasteiger charge is -2.24. The van der Waals surface area contributed by atoms with Crippen LogP contribution in [0, 0.1) is 26.6 Å². The molecule has 0 saturated heterocycles. The molecular weight excluding hydrogens is 333 g/mol. The maximum Gasteiger partial charge on any atom is 0.196 e. The van der Waals surface area contributed by atoms with E-state index in [0.29, 0.717) is 11.6 Å². The average molecular weight is 357 g/mol. The van der Waals surface area contributed by atoms with Gasteiger partial charge in [-0.2, -0.15) is 0 Å². The molecule has 0 unspecified atom stereocenters. The summed E-state index contributed by atoms with van der Waals surface area (Å²) in [7, 11) is 0. The van der Waals surface area contributed by atoms with Gasteiger partial charge in [0.15, 0.2) is 4.96 Å². The smallest absolute Gasteiger partial charge is 0.196 e. The highest BCUT2D eigenvalue weighted by molar-refractivity contribution is 7.17. The Hall–Kier alpha value is -1.88. The number of imidazole rings is 1. The Kier molecular flexibility index (Phi) is 4.28. The van der Waals surface area contributed by atoms with E-state index in [9.17, 15) is 4.39 Å². The Balaban J connectivity index is 1.90. The molecule has 0 spiro atoms. The van der Waals surface area contributed by atoms with Crippen LogP contribution in [-0.4, -0.2) is 15.4 Å².